The Labute approximate surface area is 121 Å². The van der Waals surface area contributed by atoms with Crippen LogP contribution in [0.15, 0.2) is 28.7 Å². The lowest BCUT2D eigenvalue weighted by Crippen LogP contribution is -2.46. The Balaban J connectivity index is 1.87. The smallest absolute Gasteiger partial charge is 0.261 e. The molecule has 0 radical (unpaired) electrons. The Hall–Kier alpha value is -1.07. The van der Waals surface area contributed by atoms with Crippen molar-refractivity contribution in [3.8, 4) is 5.75 Å². The second-order valence-corrected chi connectivity index (χ2v) is 5.47. The van der Waals surface area contributed by atoms with Crippen molar-refractivity contribution in [2.75, 3.05) is 13.2 Å². The van der Waals surface area contributed by atoms with E-state index in [1.807, 2.05) is 24.3 Å². The molecule has 1 heterocycles. The molecule has 104 valence electrons. The Kier molecular flexibility index (Phi) is 5.22. The van der Waals surface area contributed by atoms with Crippen LogP contribution >= 0.6 is 15.9 Å². The van der Waals surface area contributed by atoms with E-state index in [1.165, 1.54) is 0 Å². The first kappa shape index (κ1) is 14.3. The molecule has 1 aromatic carbocycles. The van der Waals surface area contributed by atoms with Crippen molar-refractivity contribution < 1.29 is 14.3 Å². The van der Waals surface area contributed by atoms with Gasteiger partial charge in [-0.25, -0.2) is 0 Å². The van der Waals surface area contributed by atoms with Crippen LogP contribution in [0.3, 0.4) is 0 Å². The second kappa shape index (κ2) is 6.91. The van der Waals surface area contributed by atoms with E-state index >= 15 is 0 Å². The summed E-state index contributed by atoms with van der Waals surface area (Å²) in [6.07, 6.45) is 1.43. The predicted molar refractivity (Wildman–Crippen MR) is 76.2 cm³/mol. The van der Waals surface area contributed by atoms with E-state index in [0.29, 0.717) is 12.4 Å². The first-order valence-corrected chi connectivity index (χ1v) is 7.25. The summed E-state index contributed by atoms with van der Waals surface area (Å²) in [4.78, 5) is 12.0. The minimum Gasteiger partial charge on any atom is -0.480 e. The van der Waals surface area contributed by atoms with Crippen molar-refractivity contribution in [3.63, 3.8) is 0 Å². The summed E-state index contributed by atoms with van der Waals surface area (Å²) in [5, 5.41) is 2.95. The van der Waals surface area contributed by atoms with E-state index in [9.17, 15) is 4.79 Å². The Morgan fingerprint density at radius 2 is 2.32 bits per heavy atom. The van der Waals surface area contributed by atoms with Crippen molar-refractivity contribution in [1.82, 2.24) is 5.32 Å². The zero-order valence-corrected chi connectivity index (χ0v) is 12.5. The van der Waals surface area contributed by atoms with Gasteiger partial charge in [0.1, 0.15) is 5.75 Å². The van der Waals surface area contributed by atoms with Crippen LogP contribution in [0.25, 0.3) is 0 Å². The van der Waals surface area contributed by atoms with Gasteiger partial charge >= 0.3 is 0 Å². The molecule has 5 heteroatoms. The molecule has 0 aromatic heterocycles. The van der Waals surface area contributed by atoms with Gasteiger partial charge in [-0.05, 0) is 47.8 Å². The quantitative estimate of drug-likeness (QED) is 0.924. The summed E-state index contributed by atoms with van der Waals surface area (Å²) in [6, 6.07) is 7.60. The van der Waals surface area contributed by atoms with Gasteiger partial charge in [0.05, 0.1) is 17.1 Å². The van der Waals surface area contributed by atoms with Crippen LogP contribution in [0, 0.1) is 0 Å². The Morgan fingerprint density at radius 1 is 1.53 bits per heavy atom. The minimum absolute atomic E-state index is 0.103. The summed E-state index contributed by atoms with van der Waals surface area (Å²) in [5.41, 5.74) is 0. The van der Waals surface area contributed by atoms with Crippen LogP contribution in [0.1, 0.15) is 19.8 Å². The lowest BCUT2D eigenvalue weighted by atomic mass is 10.1. The molecule has 4 nitrogen and oxygen atoms in total. The summed E-state index contributed by atoms with van der Waals surface area (Å²) in [7, 11) is 0. The van der Waals surface area contributed by atoms with Crippen molar-refractivity contribution in [2.24, 2.45) is 0 Å². The van der Waals surface area contributed by atoms with Gasteiger partial charge in [0.2, 0.25) is 0 Å². The molecule has 0 spiro atoms. The summed E-state index contributed by atoms with van der Waals surface area (Å²) >= 11 is 3.40. The van der Waals surface area contributed by atoms with Crippen LogP contribution in [0.4, 0.5) is 0 Å². The number of hydrogen-bond donors (Lipinski definition) is 1. The standard InChI is InChI=1S/C14H18BrNO3/c1-10(19-13-7-3-2-6-12(13)15)14(17)16-11-5-4-8-18-9-11/h2-3,6-7,10-11H,4-5,8-9H2,1H3,(H,16,17)/t10-,11-/m1/s1. The number of carbonyl (C=O) groups excluding carboxylic acids is 1. The minimum atomic E-state index is -0.527. The van der Waals surface area contributed by atoms with Gasteiger partial charge in [-0.2, -0.15) is 0 Å². The van der Waals surface area contributed by atoms with Crippen LogP contribution in [-0.4, -0.2) is 31.3 Å². The average Bonchev–Trinajstić information content (AvgIpc) is 2.42. The van der Waals surface area contributed by atoms with E-state index in [-0.39, 0.29) is 11.9 Å². The van der Waals surface area contributed by atoms with Gasteiger partial charge in [0.25, 0.3) is 5.91 Å². The maximum atomic E-state index is 12.0. The number of benzene rings is 1. The highest BCUT2D eigenvalue weighted by molar-refractivity contribution is 9.10. The topological polar surface area (TPSA) is 47.6 Å². The first-order chi connectivity index (χ1) is 9.16. The van der Waals surface area contributed by atoms with E-state index in [0.717, 1.165) is 23.9 Å². The third kappa shape index (κ3) is 4.21. The normalized spacial score (nSPS) is 20.6. The Morgan fingerprint density at radius 3 is 3.00 bits per heavy atom. The highest BCUT2D eigenvalue weighted by Gasteiger charge is 2.21. The van der Waals surface area contributed by atoms with Gasteiger partial charge in [-0.1, -0.05) is 12.1 Å². The average molecular weight is 328 g/mol. The third-order valence-electron chi connectivity index (χ3n) is 3.02. The number of rotatable bonds is 4. The number of amides is 1. The molecule has 2 rings (SSSR count). The maximum Gasteiger partial charge on any atom is 0.261 e. The lowest BCUT2D eigenvalue weighted by molar-refractivity contribution is -0.128. The van der Waals surface area contributed by atoms with Crippen LogP contribution < -0.4 is 10.1 Å². The van der Waals surface area contributed by atoms with Gasteiger partial charge in [0.15, 0.2) is 6.10 Å². The molecule has 0 unspecified atom stereocenters. The number of hydrogen-bond acceptors (Lipinski definition) is 3. The number of halogens is 1. The van der Waals surface area contributed by atoms with E-state index in [2.05, 4.69) is 21.2 Å². The summed E-state index contributed by atoms with van der Waals surface area (Å²) in [6.45, 7) is 3.13. The lowest BCUT2D eigenvalue weighted by Gasteiger charge is -2.25. The molecule has 1 N–H and O–H groups in total. The van der Waals surface area contributed by atoms with Crippen molar-refractivity contribution in [1.29, 1.82) is 0 Å². The Bertz CT molecular complexity index is 432. The van der Waals surface area contributed by atoms with E-state index < -0.39 is 6.10 Å². The van der Waals surface area contributed by atoms with Gasteiger partial charge in [-0.3, -0.25) is 4.79 Å². The fourth-order valence-corrected chi connectivity index (χ4v) is 2.34. The third-order valence-corrected chi connectivity index (χ3v) is 3.67. The zero-order valence-electron chi connectivity index (χ0n) is 10.9. The van der Waals surface area contributed by atoms with Crippen molar-refractivity contribution in [2.45, 2.75) is 31.9 Å². The number of para-hydroxylation sites is 1. The van der Waals surface area contributed by atoms with Gasteiger partial charge < -0.3 is 14.8 Å². The molecule has 1 aliphatic rings. The van der Waals surface area contributed by atoms with Crippen molar-refractivity contribution in [3.05, 3.63) is 28.7 Å². The predicted octanol–water partition coefficient (Wildman–Crippen LogP) is 2.51. The SMILES string of the molecule is C[C@@H](Oc1ccccc1Br)C(=O)N[C@@H]1CCCOC1. The van der Waals surface area contributed by atoms with Gasteiger partial charge in [0, 0.05) is 6.61 Å². The zero-order chi connectivity index (χ0) is 13.7. The largest absolute Gasteiger partial charge is 0.480 e. The van der Waals surface area contributed by atoms with Gasteiger partial charge in [-0.15, -0.1) is 0 Å². The summed E-state index contributed by atoms with van der Waals surface area (Å²) < 4.78 is 11.8. The highest BCUT2D eigenvalue weighted by Crippen LogP contribution is 2.24. The second-order valence-electron chi connectivity index (χ2n) is 4.61. The van der Waals surface area contributed by atoms with Crippen LogP contribution in [0.2, 0.25) is 0 Å². The van der Waals surface area contributed by atoms with Crippen molar-refractivity contribution >= 4 is 21.8 Å². The molecular formula is C14H18BrNO3. The molecule has 19 heavy (non-hydrogen) atoms. The summed E-state index contributed by atoms with van der Waals surface area (Å²) in [5.74, 6) is 0.566. The molecular weight excluding hydrogens is 310 g/mol. The number of ether oxygens (including phenoxy) is 2. The highest BCUT2D eigenvalue weighted by atomic mass is 79.9. The molecule has 0 aliphatic carbocycles. The number of nitrogens with one attached hydrogen (secondary N) is 1. The molecule has 0 bridgehead atoms. The van der Waals surface area contributed by atoms with Crippen LogP contribution in [-0.2, 0) is 9.53 Å². The first-order valence-electron chi connectivity index (χ1n) is 6.46. The monoisotopic (exact) mass is 327 g/mol. The molecule has 0 saturated carbocycles. The van der Waals surface area contributed by atoms with E-state index in [1.54, 1.807) is 6.92 Å². The molecule has 2 atom stereocenters. The van der Waals surface area contributed by atoms with E-state index in [4.69, 9.17) is 9.47 Å². The maximum absolute atomic E-state index is 12.0. The molecule has 1 aromatic rings. The molecule has 1 aliphatic heterocycles. The molecule has 1 saturated heterocycles. The molecule has 1 amide bonds. The number of carbonyl (C=O) groups is 1. The van der Waals surface area contributed by atoms with Crippen LogP contribution in [0.5, 0.6) is 5.75 Å². The fourth-order valence-electron chi connectivity index (χ4n) is 1.96. The fraction of sp³-hybridized carbons (Fsp3) is 0.500. The molecule has 1 fully saturated rings.